The lowest BCUT2D eigenvalue weighted by Gasteiger charge is -2.42. The number of aryl methyl sites for hydroxylation is 2. The summed E-state index contributed by atoms with van der Waals surface area (Å²) in [6.07, 6.45) is 12.7. The molecule has 1 heteroatoms. The maximum Gasteiger partial charge on any atom is 0.166 e. The standard InChI is InChI=1S/C26H32N/c1-27-20-16-25-24(21-27)13-8-17-26(25,18-14-22-9-4-2-5-10-22)19-15-23-11-6-3-7-12-23/h2-7,9-12,21H,8,13-20H2,1H3/q+1. The first-order chi connectivity index (χ1) is 13.3. The summed E-state index contributed by atoms with van der Waals surface area (Å²) in [6, 6.07) is 22.2. The van der Waals surface area contributed by atoms with Crippen LogP contribution in [0.2, 0.25) is 0 Å². The van der Waals surface area contributed by atoms with Gasteiger partial charge in [-0.25, -0.2) is 4.58 Å². The summed E-state index contributed by atoms with van der Waals surface area (Å²) >= 11 is 0. The van der Waals surface area contributed by atoms with Crippen LogP contribution in [-0.4, -0.2) is 24.4 Å². The predicted octanol–water partition coefficient (Wildman–Crippen LogP) is 5.84. The maximum absolute atomic E-state index is 2.44. The van der Waals surface area contributed by atoms with Gasteiger partial charge < -0.3 is 0 Å². The molecule has 1 aliphatic carbocycles. The molecule has 27 heavy (non-hydrogen) atoms. The Hall–Kier alpha value is -2.15. The summed E-state index contributed by atoms with van der Waals surface area (Å²) in [5.41, 5.74) is 6.80. The van der Waals surface area contributed by atoms with Crippen LogP contribution in [0.15, 0.2) is 71.8 Å². The zero-order chi connectivity index (χ0) is 18.5. The molecule has 0 saturated carbocycles. The first kappa shape index (κ1) is 18.2. The molecule has 0 radical (unpaired) electrons. The number of rotatable bonds is 6. The average Bonchev–Trinajstić information content (AvgIpc) is 2.72. The van der Waals surface area contributed by atoms with Crippen LogP contribution in [0, 0.1) is 5.41 Å². The van der Waals surface area contributed by atoms with Crippen molar-refractivity contribution < 1.29 is 4.58 Å². The van der Waals surface area contributed by atoms with E-state index in [1.165, 1.54) is 69.0 Å². The van der Waals surface area contributed by atoms with Crippen LogP contribution in [0.4, 0.5) is 0 Å². The molecule has 2 aromatic rings. The first-order valence-electron chi connectivity index (χ1n) is 10.6. The molecule has 0 spiro atoms. The van der Waals surface area contributed by atoms with Gasteiger partial charge in [0.2, 0.25) is 0 Å². The molecule has 1 nitrogen and oxygen atoms in total. The minimum absolute atomic E-state index is 0.386. The number of hydrogen-bond donors (Lipinski definition) is 0. The molecule has 0 amide bonds. The van der Waals surface area contributed by atoms with Crippen LogP contribution in [0.25, 0.3) is 0 Å². The summed E-state index contributed by atoms with van der Waals surface area (Å²) in [6.45, 7) is 1.18. The molecule has 0 N–H and O–H groups in total. The Morgan fingerprint density at radius 3 is 2.00 bits per heavy atom. The fraction of sp³-hybridized carbons (Fsp3) is 0.423. The molecule has 4 rings (SSSR count). The molecular weight excluding hydrogens is 326 g/mol. The Labute approximate surface area is 164 Å². The second-order valence-corrected chi connectivity index (χ2v) is 8.47. The van der Waals surface area contributed by atoms with Crippen molar-refractivity contribution in [2.75, 3.05) is 13.6 Å². The van der Waals surface area contributed by atoms with E-state index in [0.717, 1.165) is 0 Å². The van der Waals surface area contributed by atoms with E-state index in [9.17, 15) is 0 Å². The Morgan fingerprint density at radius 2 is 1.41 bits per heavy atom. The van der Waals surface area contributed by atoms with E-state index < -0.39 is 0 Å². The second-order valence-electron chi connectivity index (χ2n) is 8.47. The van der Waals surface area contributed by atoms with Gasteiger partial charge in [0.05, 0.1) is 0 Å². The molecule has 0 unspecified atom stereocenters. The topological polar surface area (TPSA) is 3.01 Å². The van der Waals surface area contributed by atoms with Crippen LogP contribution in [0.1, 0.15) is 49.7 Å². The SMILES string of the molecule is C[N+]1=CC2=C(CC1)C(CCc1ccccc1)(CCc1ccccc1)CCC2. The van der Waals surface area contributed by atoms with Gasteiger partial charge in [-0.2, -0.15) is 0 Å². The molecule has 0 atom stereocenters. The van der Waals surface area contributed by atoms with Crippen molar-refractivity contribution in [3.05, 3.63) is 82.9 Å². The normalized spacial score (nSPS) is 18.8. The van der Waals surface area contributed by atoms with E-state index >= 15 is 0 Å². The van der Waals surface area contributed by atoms with E-state index in [-0.39, 0.29) is 0 Å². The molecule has 2 aromatic carbocycles. The molecule has 0 saturated heterocycles. The van der Waals surface area contributed by atoms with Crippen molar-refractivity contribution in [3.8, 4) is 0 Å². The van der Waals surface area contributed by atoms with Gasteiger partial charge >= 0.3 is 0 Å². The van der Waals surface area contributed by atoms with E-state index in [1.54, 1.807) is 11.1 Å². The Morgan fingerprint density at radius 1 is 0.815 bits per heavy atom. The van der Waals surface area contributed by atoms with Crippen LogP contribution in [-0.2, 0) is 12.8 Å². The fourth-order valence-corrected chi connectivity index (χ4v) is 5.18. The molecule has 0 bridgehead atoms. The maximum atomic E-state index is 2.44. The van der Waals surface area contributed by atoms with Gasteiger partial charge in [0.25, 0.3) is 0 Å². The third-order valence-corrected chi connectivity index (χ3v) is 6.69. The second kappa shape index (κ2) is 8.25. The monoisotopic (exact) mass is 358 g/mol. The van der Waals surface area contributed by atoms with Gasteiger partial charge in [0.1, 0.15) is 13.6 Å². The highest BCUT2D eigenvalue weighted by Crippen LogP contribution is 2.49. The molecule has 140 valence electrons. The van der Waals surface area contributed by atoms with E-state index in [4.69, 9.17) is 0 Å². The van der Waals surface area contributed by atoms with Crippen molar-refractivity contribution in [1.29, 1.82) is 0 Å². The predicted molar refractivity (Wildman–Crippen MR) is 115 cm³/mol. The number of hydrogen-bond acceptors (Lipinski definition) is 0. The summed E-state index contributed by atoms with van der Waals surface area (Å²) in [4.78, 5) is 0. The molecule has 0 aromatic heterocycles. The summed E-state index contributed by atoms with van der Waals surface area (Å²) in [7, 11) is 2.23. The lowest BCUT2D eigenvalue weighted by molar-refractivity contribution is -0.493. The summed E-state index contributed by atoms with van der Waals surface area (Å²) < 4.78 is 2.39. The molecule has 0 fully saturated rings. The van der Waals surface area contributed by atoms with Crippen LogP contribution in [0.5, 0.6) is 0 Å². The Balaban J connectivity index is 1.61. The van der Waals surface area contributed by atoms with Gasteiger partial charge in [0, 0.05) is 12.0 Å². The first-order valence-corrected chi connectivity index (χ1v) is 10.6. The van der Waals surface area contributed by atoms with Crippen LogP contribution < -0.4 is 0 Å². The van der Waals surface area contributed by atoms with Crippen molar-refractivity contribution in [3.63, 3.8) is 0 Å². The largest absolute Gasteiger partial charge is 0.238 e. The van der Waals surface area contributed by atoms with Crippen molar-refractivity contribution in [1.82, 2.24) is 0 Å². The van der Waals surface area contributed by atoms with E-state index in [1.807, 2.05) is 0 Å². The number of nitrogens with zero attached hydrogens (tertiary/aromatic N) is 1. The number of benzene rings is 2. The van der Waals surface area contributed by atoms with E-state index in [0.29, 0.717) is 5.41 Å². The molecular formula is C26H32N+. The van der Waals surface area contributed by atoms with Crippen LogP contribution in [0.3, 0.4) is 0 Å². The molecule has 2 aliphatic rings. The van der Waals surface area contributed by atoms with E-state index in [2.05, 4.69) is 78.5 Å². The minimum atomic E-state index is 0.386. The fourth-order valence-electron chi connectivity index (χ4n) is 5.18. The highest BCUT2D eigenvalue weighted by molar-refractivity contribution is 5.77. The highest BCUT2D eigenvalue weighted by Gasteiger charge is 2.39. The highest BCUT2D eigenvalue weighted by atomic mass is 15.0. The smallest absolute Gasteiger partial charge is 0.166 e. The van der Waals surface area contributed by atoms with Gasteiger partial charge in [-0.15, -0.1) is 0 Å². The number of allylic oxidation sites excluding steroid dienone is 1. The Kier molecular flexibility index (Phi) is 5.57. The van der Waals surface area contributed by atoms with Gasteiger partial charge in [-0.05, 0) is 67.1 Å². The van der Waals surface area contributed by atoms with Gasteiger partial charge in [-0.1, -0.05) is 60.7 Å². The summed E-state index contributed by atoms with van der Waals surface area (Å²) in [5.74, 6) is 0. The lowest BCUT2D eigenvalue weighted by atomic mass is 9.63. The van der Waals surface area contributed by atoms with Gasteiger partial charge in [0.15, 0.2) is 6.21 Å². The summed E-state index contributed by atoms with van der Waals surface area (Å²) in [5, 5.41) is 0. The van der Waals surface area contributed by atoms with Crippen LogP contribution >= 0.6 is 0 Å². The molecule has 1 heterocycles. The van der Waals surface area contributed by atoms with Crippen molar-refractivity contribution in [2.24, 2.45) is 5.41 Å². The average molecular weight is 359 g/mol. The third kappa shape index (κ3) is 4.24. The Bertz CT molecular complexity index is 770. The quantitative estimate of drug-likeness (QED) is 0.571. The third-order valence-electron chi connectivity index (χ3n) is 6.69. The lowest BCUT2D eigenvalue weighted by Crippen LogP contribution is -2.34. The zero-order valence-electron chi connectivity index (χ0n) is 16.7. The van der Waals surface area contributed by atoms with Crippen molar-refractivity contribution >= 4 is 6.21 Å². The zero-order valence-corrected chi connectivity index (χ0v) is 16.7. The molecule has 1 aliphatic heterocycles. The van der Waals surface area contributed by atoms with Gasteiger partial charge in [-0.3, -0.25) is 0 Å². The van der Waals surface area contributed by atoms with Crippen molar-refractivity contribution in [2.45, 2.75) is 51.4 Å². The minimum Gasteiger partial charge on any atom is -0.238 e.